The first-order chi connectivity index (χ1) is 7.98. The van der Waals surface area contributed by atoms with E-state index < -0.39 is 9.84 Å². The lowest BCUT2D eigenvalue weighted by Gasteiger charge is -2.27. The molecule has 1 heterocycles. The van der Waals surface area contributed by atoms with Crippen LogP contribution < -0.4 is 5.32 Å². The van der Waals surface area contributed by atoms with E-state index in [1.165, 1.54) is 7.11 Å². The number of nitrogens with zero attached hydrogens (tertiary/aromatic N) is 1. The predicted octanol–water partition coefficient (Wildman–Crippen LogP) is -1.13. The van der Waals surface area contributed by atoms with Crippen molar-refractivity contribution < 1.29 is 17.9 Å². The molecule has 6 nitrogen and oxygen atoms in total. The molecule has 17 heavy (non-hydrogen) atoms. The molecule has 0 aromatic carbocycles. The average molecular weight is 264 g/mol. The van der Waals surface area contributed by atoms with Crippen molar-refractivity contribution in [1.82, 2.24) is 10.2 Å². The van der Waals surface area contributed by atoms with Crippen LogP contribution in [0.25, 0.3) is 0 Å². The lowest BCUT2D eigenvalue weighted by Crippen LogP contribution is -2.44. The van der Waals surface area contributed by atoms with Crippen LogP contribution in [0.4, 0.5) is 0 Å². The van der Waals surface area contributed by atoms with Gasteiger partial charge in [-0.3, -0.25) is 4.79 Å². The molecule has 0 saturated carbocycles. The minimum absolute atomic E-state index is 0.218. The second-order valence-corrected chi connectivity index (χ2v) is 6.45. The number of esters is 1. The number of hydrogen-bond acceptors (Lipinski definition) is 6. The van der Waals surface area contributed by atoms with Crippen LogP contribution in [0.2, 0.25) is 0 Å². The summed E-state index contributed by atoms with van der Waals surface area (Å²) < 4.78 is 27.1. The van der Waals surface area contributed by atoms with E-state index in [0.717, 1.165) is 0 Å². The van der Waals surface area contributed by atoms with Crippen LogP contribution in [-0.4, -0.2) is 70.6 Å². The molecule has 0 aromatic heterocycles. The molecular weight excluding hydrogens is 244 g/mol. The molecule has 0 amide bonds. The number of rotatable bonds is 5. The van der Waals surface area contributed by atoms with Gasteiger partial charge >= 0.3 is 5.97 Å². The molecule has 1 N–H and O–H groups in total. The third kappa shape index (κ3) is 4.61. The molecule has 0 bridgehead atoms. The zero-order chi connectivity index (χ0) is 12.9. The number of ether oxygens (including phenoxy) is 1. The molecule has 1 aliphatic heterocycles. The van der Waals surface area contributed by atoms with Gasteiger partial charge in [-0.15, -0.1) is 0 Å². The topological polar surface area (TPSA) is 75.7 Å². The van der Waals surface area contributed by atoms with Gasteiger partial charge in [0.1, 0.15) is 6.04 Å². The maximum atomic E-state index is 11.3. The summed E-state index contributed by atoms with van der Waals surface area (Å²) in [6.07, 6.45) is 0.628. The van der Waals surface area contributed by atoms with E-state index >= 15 is 0 Å². The van der Waals surface area contributed by atoms with Crippen molar-refractivity contribution >= 4 is 15.8 Å². The summed E-state index contributed by atoms with van der Waals surface area (Å²) in [6, 6.07) is -0.321. The summed E-state index contributed by atoms with van der Waals surface area (Å²) in [7, 11) is 0.242. The van der Waals surface area contributed by atoms with E-state index in [9.17, 15) is 13.2 Å². The van der Waals surface area contributed by atoms with Crippen molar-refractivity contribution in [3.63, 3.8) is 0 Å². The molecule has 1 unspecified atom stereocenters. The lowest BCUT2D eigenvalue weighted by molar-refractivity contribution is -0.143. The summed E-state index contributed by atoms with van der Waals surface area (Å²) >= 11 is 0. The van der Waals surface area contributed by atoms with Crippen LogP contribution in [0.15, 0.2) is 0 Å². The number of carbonyl (C=O) groups is 1. The number of carbonyl (C=O) groups excluding carboxylic acids is 1. The van der Waals surface area contributed by atoms with Crippen LogP contribution in [0.1, 0.15) is 6.42 Å². The van der Waals surface area contributed by atoms with Crippen molar-refractivity contribution in [2.75, 3.05) is 45.3 Å². The molecule has 0 aromatic rings. The third-order valence-electron chi connectivity index (χ3n) is 3.01. The molecule has 1 atom stereocenters. The van der Waals surface area contributed by atoms with Crippen molar-refractivity contribution in [1.29, 1.82) is 0 Å². The van der Waals surface area contributed by atoms with Crippen LogP contribution >= 0.6 is 0 Å². The van der Waals surface area contributed by atoms with Crippen LogP contribution in [-0.2, 0) is 19.4 Å². The minimum atomic E-state index is -2.83. The molecule has 1 aliphatic rings. The highest BCUT2D eigenvalue weighted by Gasteiger charge is 2.23. The van der Waals surface area contributed by atoms with Crippen molar-refractivity contribution in [3.8, 4) is 0 Å². The Hall–Kier alpha value is -0.660. The fraction of sp³-hybridized carbons (Fsp3) is 0.900. The molecule has 0 radical (unpaired) electrons. The SMILES string of the molecule is CNC(CCN1CCS(=O)(=O)CC1)C(=O)OC. The maximum Gasteiger partial charge on any atom is 0.322 e. The zero-order valence-corrected chi connectivity index (χ0v) is 11.1. The molecule has 1 saturated heterocycles. The Morgan fingerprint density at radius 3 is 2.47 bits per heavy atom. The van der Waals surface area contributed by atoms with E-state index in [4.69, 9.17) is 0 Å². The normalized spacial score (nSPS) is 22.0. The summed E-state index contributed by atoms with van der Waals surface area (Å²) in [5.74, 6) is 0.155. The smallest absolute Gasteiger partial charge is 0.322 e. The predicted molar refractivity (Wildman–Crippen MR) is 64.6 cm³/mol. The van der Waals surface area contributed by atoms with E-state index in [2.05, 4.69) is 15.0 Å². The molecule has 100 valence electrons. The van der Waals surface area contributed by atoms with Gasteiger partial charge in [0.2, 0.25) is 0 Å². The highest BCUT2D eigenvalue weighted by molar-refractivity contribution is 7.91. The van der Waals surface area contributed by atoms with Crippen molar-refractivity contribution in [2.24, 2.45) is 0 Å². The number of likely N-dealkylation sites (N-methyl/N-ethyl adjacent to an activating group) is 1. The van der Waals surface area contributed by atoms with Gasteiger partial charge in [0, 0.05) is 19.6 Å². The third-order valence-corrected chi connectivity index (χ3v) is 4.61. The van der Waals surface area contributed by atoms with Gasteiger partial charge in [-0.25, -0.2) is 8.42 Å². The Balaban J connectivity index is 2.33. The first-order valence-corrected chi connectivity index (χ1v) is 7.48. The quantitative estimate of drug-likeness (QED) is 0.633. The number of hydrogen-bond donors (Lipinski definition) is 1. The van der Waals surface area contributed by atoms with Gasteiger partial charge in [-0.05, 0) is 13.5 Å². The second kappa shape index (κ2) is 6.32. The zero-order valence-electron chi connectivity index (χ0n) is 10.3. The van der Waals surface area contributed by atoms with E-state index in [0.29, 0.717) is 26.1 Å². The van der Waals surface area contributed by atoms with Crippen molar-refractivity contribution in [3.05, 3.63) is 0 Å². The minimum Gasteiger partial charge on any atom is -0.468 e. The molecule has 1 fully saturated rings. The molecule has 0 aliphatic carbocycles. The van der Waals surface area contributed by atoms with Crippen LogP contribution in [0, 0.1) is 0 Å². The summed E-state index contributed by atoms with van der Waals surface area (Å²) in [5.41, 5.74) is 0. The molecule has 0 spiro atoms. The first-order valence-electron chi connectivity index (χ1n) is 5.66. The fourth-order valence-corrected chi connectivity index (χ4v) is 3.08. The van der Waals surface area contributed by atoms with Gasteiger partial charge in [0.15, 0.2) is 9.84 Å². The molecule has 7 heteroatoms. The number of methoxy groups -OCH3 is 1. The maximum absolute atomic E-state index is 11.3. The largest absolute Gasteiger partial charge is 0.468 e. The average Bonchev–Trinajstić information content (AvgIpc) is 2.31. The highest BCUT2D eigenvalue weighted by atomic mass is 32.2. The van der Waals surface area contributed by atoms with Gasteiger partial charge in [-0.1, -0.05) is 0 Å². The van der Waals surface area contributed by atoms with Gasteiger partial charge in [-0.2, -0.15) is 0 Å². The Labute approximate surface area is 102 Å². The number of nitrogens with one attached hydrogen (secondary N) is 1. The van der Waals surface area contributed by atoms with E-state index in [1.54, 1.807) is 7.05 Å². The molecule has 1 rings (SSSR count). The lowest BCUT2D eigenvalue weighted by atomic mass is 10.2. The van der Waals surface area contributed by atoms with Gasteiger partial charge < -0.3 is 15.0 Å². The van der Waals surface area contributed by atoms with Gasteiger partial charge in [0.05, 0.1) is 18.6 Å². The van der Waals surface area contributed by atoms with Crippen LogP contribution in [0.3, 0.4) is 0 Å². The number of sulfone groups is 1. The van der Waals surface area contributed by atoms with Gasteiger partial charge in [0.25, 0.3) is 0 Å². The monoisotopic (exact) mass is 264 g/mol. The standard InChI is InChI=1S/C10H20N2O4S/c1-11-9(10(13)16-2)3-4-12-5-7-17(14,15)8-6-12/h9,11H,3-8H2,1-2H3. The summed E-state index contributed by atoms with van der Waals surface area (Å²) in [6.45, 7) is 1.82. The Morgan fingerprint density at radius 2 is 2.00 bits per heavy atom. The Morgan fingerprint density at radius 1 is 1.41 bits per heavy atom. The fourth-order valence-electron chi connectivity index (χ4n) is 1.81. The summed E-state index contributed by atoms with van der Waals surface area (Å²) in [4.78, 5) is 13.4. The second-order valence-electron chi connectivity index (χ2n) is 4.15. The Bertz CT molecular complexity index is 341. The van der Waals surface area contributed by atoms with Crippen LogP contribution in [0.5, 0.6) is 0 Å². The van der Waals surface area contributed by atoms with Crippen molar-refractivity contribution in [2.45, 2.75) is 12.5 Å². The summed E-state index contributed by atoms with van der Waals surface area (Å²) in [5, 5.41) is 2.89. The Kier molecular flexibility index (Phi) is 5.35. The van der Waals surface area contributed by atoms with E-state index in [1.807, 2.05) is 0 Å². The van der Waals surface area contributed by atoms with E-state index in [-0.39, 0.29) is 23.5 Å². The highest BCUT2D eigenvalue weighted by Crippen LogP contribution is 2.05. The first kappa shape index (κ1) is 14.4. The molecular formula is C10H20N2O4S.